The van der Waals surface area contributed by atoms with Crippen LogP contribution in [0, 0.1) is 0 Å². The lowest BCUT2D eigenvalue weighted by molar-refractivity contribution is 0.102. The van der Waals surface area contributed by atoms with Crippen LogP contribution in [0.25, 0.3) is 0 Å². The fourth-order valence-corrected chi connectivity index (χ4v) is 3.96. The highest BCUT2D eigenvalue weighted by Gasteiger charge is 2.24. The zero-order chi connectivity index (χ0) is 19.5. The van der Waals surface area contributed by atoms with Crippen molar-refractivity contribution in [1.82, 2.24) is 4.31 Å². The number of anilines is 1. The quantitative estimate of drug-likeness (QED) is 0.828. The Bertz CT molecular complexity index is 889. The maximum Gasteiger partial charge on any atom is 0.255 e. The first-order chi connectivity index (χ1) is 12.1. The van der Waals surface area contributed by atoms with Crippen LogP contribution in [0.4, 0.5) is 5.69 Å². The number of amides is 1. The number of nitrogens with zero attached hydrogens (tertiary/aromatic N) is 1. The molecule has 5 nitrogen and oxygen atoms in total. The van der Waals surface area contributed by atoms with Crippen LogP contribution in [0.5, 0.6) is 0 Å². The smallest absolute Gasteiger partial charge is 0.255 e. The fraction of sp³-hybridized carbons (Fsp3) is 0.350. The lowest BCUT2D eigenvalue weighted by atomic mass is 10.0. The molecule has 0 bridgehead atoms. The van der Waals surface area contributed by atoms with Gasteiger partial charge in [-0.05, 0) is 49.6 Å². The molecular formula is C20H26N2O3S. The summed E-state index contributed by atoms with van der Waals surface area (Å²) >= 11 is 0. The minimum absolute atomic E-state index is 0.110. The summed E-state index contributed by atoms with van der Waals surface area (Å²) in [6.45, 7) is 7.72. The molecule has 1 amide bonds. The Morgan fingerprint density at radius 3 is 2.27 bits per heavy atom. The van der Waals surface area contributed by atoms with Crippen molar-refractivity contribution >= 4 is 21.6 Å². The molecule has 2 aromatic rings. The molecule has 0 aromatic heterocycles. The monoisotopic (exact) mass is 374 g/mol. The van der Waals surface area contributed by atoms with Crippen molar-refractivity contribution in [3.63, 3.8) is 0 Å². The Hall–Kier alpha value is -2.18. The summed E-state index contributed by atoms with van der Waals surface area (Å²) in [6.07, 6.45) is 0. The van der Waals surface area contributed by atoms with Crippen LogP contribution in [-0.2, 0) is 10.0 Å². The first-order valence-corrected chi connectivity index (χ1v) is 10.1. The van der Waals surface area contributed by atoms with E-state index < -0.39 is 10.0 Å². The highest BCUT2D eigenvalue weighted by atomic mass is 32.2. The molecule has 0 aliphatic heterocycles. The summed E-state index contributed by atoms with van der Waals surface area (Å²) in [5.74, 6) is -0.0692. The van der Waals surface area contributed by atoms with Crippen LogP contribution in [0.2, 0.25) is 0 Å². The molecule has 2 rings (SSSR count). The van der Waals surface area contributed by atoms with Crippen LogP contribution in [-0.4, -0.2) is 31.7 Å². The number of sulfonamides is 1. The number of hydrogen-bond donors (Lipinski definition) is 1. The molecule has 0 aliphatic rings. The third-order valence-corrected chi connectivity index (χ3v) is 6.36. The van der Waals surface area contributed by atoms with Crippen LogP contribution < -0.4 is 5.32 Å². The average Bonchev–Trinajstić information content (AvgIpc) is 2.61. The number of benzene rings is 2. The summed E-state index contributed by atoms with van der Waals surface area (Å²) in [6, 6.07) is 13.6. The number of carbonyl (C=O) groups excluding carboxylic acids is 1. The van der Waals surface area contributed by atoms with E-state index >= 15 is 0 Å². The molecule has 140 valence electrons. The average molecular weight is 375 g/mol. The predicted molar refractivity (Wildman–Crippen MR) is 105 cm³/mol. The van der Waals surface area contributed by atoms with Gasteiger partial charge in [0.25, 0.3) is 5.91 Å². The van der Waals surface area contributed by atoms with Crippen LogP contribution >= 0.6 is 0 Å². The Morgan fingerprint density at radius 2 is 1.65 bits per heavy atom. The van der Waals surface area contributed by atoms with Crippen molar-refractivity contribution in [2.75, 3.05) is 12.4 Å². The lowest BCUT2D eigenvalue weighted by Gasteiger charge is -2.21. The maximum absolute atomic E-state index is 12.7. The van der Waals surface area contributed by atoms with Gasteiger partial charge in [0.2, 0.25) is 10.0 Å². The van der Waals surface area contributed by atoms with Gasteiger partial charge < -0.3 is 5.32 Å². The lowest BCUT2D eigenvalue weighted by Crippen LogP contribution is -2.33. The topological polar surface area (TPSA) is 66.5 Å². The van der Waals surface area contributed by atoms with E-state index in [9.17, 15) is 13.2 Å². The van der Waals surface area contributed by atoms with Crippen molar-refractivity contribution in [1.29, 1.82) is 0 Å². The van der Waals surface area contributed by atoms with Crippen LogP contribution in [0.15, 0.2) is 53.4 Å². The molecule has 0 spiro atoms. The molecule has 2 aromatic carbocycles. The normalized spacial score (nSPS) is 12.0. The summed E-state index contributed by atoms with van der Waals surface area (Å²) < 4.78 is 26.6. The van der Waals surface area contributed by atoms with Gasteiger partial charge in [0.1, 0.15) is 0 Å². The van der Waals surface area contributed by atoms with E-state index in [0.717, 1.165) is 11.3 Å². The highest BCUT2D eigenvalue weighted by Crippen LogP contribution is 2.25. The van der Waals surface area contributed by atoms with Crippen molar-refractivity contribution in [2.45, 2.75) is 44.6 Å². The van der Waals surface area contributed by atoms with E-state index in [2.05, 4.69) is 19.2 Å². The van der Waals surface area contributed by atoms with E-state index in [-0.39, 0.29) is 22.8 Å². The van der Waals surface area contributed by atoms with Gasteiger partial charge in [-0.3, -0.25) is 4.79 Å². The van der Waals surface area contributed by atoms with E-state index in [1.165, 1.54) is 23.5 Å². The van der Waals surface area contributed by atoms with E-state index in [4.69, 9.17) is 0 Å². The number of hydrogen-bond acceptors (Lipinski definition) is 3. The van der Waals surface area contributed by atoms with E-state index in [0.29, 0.717) is 5.56 Å². The van der Waals surface area contributed by atoms with Gasteiger partial charge in [-0.25, -0.2) is 8.42 Å². The molecule has 26 heavy (non-hydrogen) atoms. The Morgan fingerprint density at radius 1 is 1.00 bits per heavy atom. The zero-order valence-corrected chi connectivity index (χ0v) is 16.7. The molecule has 0 heterocycles. The third-order valence-electron chi connectivity index (χ3n) is 4.33. The largest absolute Gasteiger partial charge is 0.322 e. The van der Waals surface area contributed by atoms with Gasteiger partial charge in [-0.1, -0.05) is 38.1 Å². The first kappa shape index (κ1) is 20.1. The highest BCUT2D eigenvalue weighted by molar-refractivity contribution is 7.89. The SMILES string of the molecule is CC(C)c1ccccc1NC(=O)c1cccc(S(=O)(=O)N(C)C(C)C)c1. The second kappa shape index (κ2) is 8.01. The summed E-state index contributed by atoms with van der Waals surface area (Å²) in [7, 11) is -2.10. The van der Waals surface area contributed by atoms with Gasteiger partial charge >= 0.3 is 0 Å². The van der Waals surface area contributed by atoms with Crippen LogP contribution in [0.1, 0.15) is 49.5 Å². The van der Waals surface area contributed by atoms with Crippen molar-refractivity contribution < 1.29 is 13.2 Å². The molecule has 0 atom stereocenters. The van der Waals surface area contributed by atoms with E-state index in [1.54, 1.807) is 26.0 Å². The number of carbonyl (C=O) groups is 1. The molecule has 0 radical (unpaired) electrons. The first-order valence-electron chi connectivity index (χ1n) is 8.63. The Balaban J connectivity index is 2.33. The van der Waals surface area contributed by atoms with Gasteiger partial charge in [0.15, 0.2) is 0 Å². The summed E-state index contributed by atoms with van der Waals surface area (Å²) in [4.78, 5) is 12.8. The minimum Gasteiger partial charge on any atom is -0.322 e. The molecule has 0 fully saturated rings. The summed E-state index contributed by atoms with van der Waals surface area (Å²) in [5.41, 5.74) is 2.08. The predicted octanol–water partition coefficient (Wildman–Crippen LogP) is 4.09. The third kappa shape index (κ3) is 4.31. The molecular weight excluding hydrogens is 348 g/mol. The number of nitrogens with one attached hydrogen (secondary N) is 1. The van der Waals surface area contributed by atoms with Gasteiger partial charge in [0.05, 0.1) is 4.90 Å². The van der Waals surface area contributed by atoms with Crippen molar-refractivity contribution in [2.24, 2.45) is 0 Å². The molecule has 0 saturated carbocycles. The molecule has 0 unspecified atom stereocenters. The van der Waals surface area contributed by atoms with E-state index in [1.807, 2.05) is 24.3 Å². The molecule has 0 aliphatic carbocycles. The molecule has 6 heteroatoms. The molecule has 0 saturated heterocycles. The Kier molecular flexibility index (Phi) is 6.21. The fourth-order valence-electron chi connectivity index (χ4n) is 2.55. The van der Waals surface area contributed by atoms with Gasteiger partial charge in [-0.2, -0.15) is 4.31 Å². The zero-order valence-electron chi connectivity index (χ0n) is 15.9. The summed E-state index contributed by atoms with van der Waals surface area (Å²) in [5, 5.41) is 2.89. The van der Waals surface area contributed by atoms with Crippen molar-refractivity contribution in [3.05, 3.63) is 59.7 Å². The number of para-hydroxylation sites is 1. The Labute approximate surface area is 156 Å². The van der Waals surface area contributed by atoms with Gasteiger partial charge in [0, 0.05) is 24.3 Å². The van der Waals surface area contributed by atoms with Crippen LogP contribution in [0.3, 0.4) is 0 Å². The van der Waals surface area contributed by atoms with Gasteiger partial charge in [-0.15, -0.1) is 0 Å². The second-order valence-corrected chi connectivity index (χ2v) is 8.84. The molecule has 1 N–H and O–H groups in total. The van der Waals surface area contributed by atoms with Crippen molar-refractivity contribution in [3.8, 4) is 0 Å². The second-order valence-electron chi connectivity index (χ2n) is 6.84. The number of rotatable bonds is 6. The standard InChI is InChI=1S/C20H26N2O3S/c1-14(2)18-11-6-7-12-19(18)21-20(23)16-9-8-10-17(13-16)26(24,25)22(5)15(3)4/h6-15H,1-5H3,(H,21,23). The maximum atomic E-state index is 12.7. The minimum atomic E-state index is -3.64.